The van der Waals surface area contributed by atoms with Crippen molar-refractivity contribution in [2.45, 2.75) is 37.5 Å². The normalized spacial score (nSPS) is 50.4. The van der Waals surface area contributed by atoms with Crippen LogP contribution in [0.2, 0.25) is 0 Å². The van der Waals surface area contributed by atoms with Gasteiger partial charge in [0, 0.05) is 11.3 Å². The van der Waals surface area contributed by atoms with E-state index in [0.717, 1.165) is 6.42 Å². The minimum atomic E-state index is -2.31. The van der Waals surface area contributed by atoms with Crippen LogP contribution in [0.25, 0.3) is 0 Å². The fourth-order valence-corrected chi connectivity index (χ4v) is 7.17. The Morgan fingerprint density at radius 3 is 2.45 bits per heavy atom. The van der Waals surface area contributed by atoms with Gasteiger partial charge in [0.25, 0.3) is 0 Å². The second-order valence-corrected chi connectivity index (χ2v) is 7.96. The summed E-state index contributed by atoms with van der Waals surface area (Å²) in [5.74, 6) is -1.41. The van der Waals surface area contributed by atoms with Crippen molar-refractivity contribution in [2.24, 2.45) is 28.6 Å². The van der Waals surface area contributed by atoms with Crippen LogP contribution in [-0.2, 0) is 10.2 Å². The Balaban J connectivity index is 1.65. The molecule has 0 aliphatic heterocycles. The molecule has 1 aromatic carbocycles. The van der Waals surface area contributed by atoms with Gasteiger partial charge in [0.1, 0.15) is 0 Å². The highest BCUT2D eigenvalue weighted by Crippen LogP contribution is 2.91. The summed E-state index contributed by atoms with van der Waals surface area (Å²) in [5.41, 5.74) is 0.0880. The van der Waals surface area contributed by atoms with Crippen LogP contribution in [0.15, 0.2) is 30.3 Å². The lowest BCUT2D eigenvalue weighted by atomic mass is 9.27. The van der Waals surface area contributed by atoms with E-state index in [0.29, 0.717) is 19.3 Å². The van der Waals surface area contributed by atoms with Crippen LogP contribution in [0.4, 0.5) is 8.78 Å². The van der Waals surface area contributed by atoms with E-state index in [-0.39, 0.29) is 22.7 Å². The highest BCUT2D eigenvalue weighted by Gasteiger charge is 2.89. The number of carboxylic acids is 1. The van der Waals surface area contributed by atoms with Crippen molar-refractivity contribution in [1.29, 1.82) is 0 Å². The van der Waals surface area contributed by atoms with Crippen LogP contribution >= 0.6 is 0 Å². The summed E-state index contributed by atoms with van der Waals surface area (Å²) in [6.45, 7) is 0. The van der Waals surface area contributed by atoms with Crippen LogP contribution in [0.3, 0.4) is 0 Å². The maximum atomic E-state index is 13.4. The van der Waals surface area contributed by atoms with Crippen LogP contribution in [0, 0.1) is 28.6 Å². The fourth-order valence-electron chi connectivity index (χ4n) is 7.17. The highest BCUT2D eigenvalue weighted by molar-refractivity contribution is 5.78. The molecule has 116 valence electrons. The standard InChI is InChI=1S/C18H18F2O2/c19-14(20)13-11-6-16(15(21)22)8-17(10-4-2-1-3-5-10)7-12(13)18(11,17)9-16/h1-5,11-14H,6-9H2,(H,21,22). The van der Waals surface area contributed by atoms with E-state index >= 15 is 0 Å². The second kappa shape index (κ2) is 3.55. The van der Waals surface area contributed by atoms with Gasteiger partial charge in [-0.3, -0.25) is 4.79 Å². The summed E-state index contributed by atoms with van der Waals surface area (Å²) < 4.78 is 26.8. The number of rotatable bonds is 3. The number of carboxylic acid groups (broad SMARTS) is 1. The van der Waals surface area contributed by atoms with Gasteiger partial charge in [-0.25, -0.2) is 8.78 Å². The van der Waals surface area contributed by atoms with Gasteiger partial charge in [0.05, 0.1) is 5.41 Å². The molecule has 4 aliphatic rings. The van der Waals surface area contributed by atoms with Crippen LogP contribution in [-0.4, -0.2) is 17.5 Å². The fraction of sp³-hybridized carbons (Fsp3) is 0.611. The van der Waals surface area contributed by atoms with E-state index in [4.69, 9.17) is 0 Å². The summed E-state index contributed by atoms with van der Waals surface area (Å²) in [5, 5.41) is 9.79. The van der Waals surface area contributed by atoms with Gasteiger partial charge in [-0.15, -0.1) is 0 Å². The molecule has 1 N–H and O–H groups in total. The van der Waals surface area contributed by atoms with E-state index in [1.807, 2.05) is 18.2 Å². The number of halogens is 2. The molecular weight excluding hydrogens is 286 g/mol. The van der Waals surface area contributed by atoms with Gasteiger partial charge in [0.15, 0.2) is 0 Å². The second-order valence-electron chi connectivity index (χ2n) is 7.96. The lowest BCUT2D eigenvalue weighted by Crippen LogP contribution is -2.74. The number of alkyl halides is 2. The largest absolute Gasteiger partial charge is 0.481 e. The van der Waals surface area contributed by atoms with E-state index in [1.54, 1.807) is 0 Å². The number of fused-ring (bicyclic) bond motifs is 1. The predicted octanol–water partition coefficient (Wildman–Crippen LogP) is 3.71. The number of benzene rings is 1. The average molecular weight is 304 g/mol. The Labute approximate surface area is 127 Å². The third-order valence-electron chi connectivity index (χ3n) is 7.66. The lowest BCUT2D eigenvalue weighted by Gasteiger charge is -2.76. The molecule has 0 amide bonds. The van der Waals surface area contributed by atoms with Crippen molar-refractivity contribution in [2.75, 3.05) is 0 Å². The molecule has 1 aromatic rings. The topological polar surface area (TPSA) is 37.3 Å². The molecule has 4 fully saturated rings. The Hall–Kier alpha value is -1.45. The summed E-state index contributed by atoms with van der Waals surface area (Å²) >= 11 is 0. The Morgan fingerprint density at radius 1 is 1.14 bits per heavy atom. The molecule has 6 unspecified atom stereocenters. The molecule has 6 atom stereocenters. The predicted molar refractivity (Wildman–Crippen MR) is 75.6 cm³/mol. The molecule has 4 aliphatic carbocycles. The Kier molecular flexibility index (Phi) is 2.10. The molecule has 5 rings (SSSR count). The van der Waals surface area contributed by atoms with Crippen molar-refractivity contribution in [3.05, 3.63) is 35.9 Å². The molecule has 2 bridgehead atoms. The quantitative estimate of drug-likeness (QED) is 0.924. The van der Waals surface area contributed by atoms with E-state index in [9.17, 15) is 18.7 Å². The molecule has 0 aromatic heterocycles. The SMILES string of the molecule is O=C(O)C12CC3C(C(F)F)C4CC(c5ccccc5)(C1)C34C2. The van der Waals surface area contributed by atoms with Gasteiger partial charge in [-0.2, -0.15) is 0 Å². The van der Waals surface area contributed by atoms with Gasteiger partial charge in [-0.1, -0.05) is 30.3 Å². The molecule has 22 heavy (non-hydrogen) atoms. The minimum absolute atomic E-state index is 0.0291. The third kappa shape index (κ3) is 1.06. The van der Waals surface area contributed by atoms with Crippen molar-refractivity contribution < 1.29 is 18.7 Å². The molecule has 1 spiro atoms. The summed E-state index contributed by atoms with van der Waals surface area (Å²) in [7, 11) is 0. The van der Waals surface area contributed by atoms with Gasteiger partial charge in [0.2, 0.25) is 6.43 Å². The third-order valence-corrected chi connectivity index (χ3v) is 7.66. The van der Waals surface area contributed by atoms with Crippen molar-refractivity contribution in [3.8, 4) is 0 Å². The Morgan fingerprint density at radius 2 is 1.82 bits per heavy atom. The summed E-state index contributed by atoms with van der Waals surface area (Å²) in [6.07, 6.45) is 0.157. The first kappa shape index (κ1) is 13.0. The minimum Gasteiger partial charge on any atom is -0.481 e. The van der Waals surface area contributed by atoms with Crippen LogP contribution in [0.5, 0.6) is 0 Å². The summed E-state index contributed by atoms with van der Waals surface area (Å²) in [4.78, 5) is 11.9. The van der Waals surface area contributed by atoms with Crippen LogP contribution < -0.4 is 0 Å². The molecule has 0 saturated heterocycles. The lowest BCUT2D eigenvalue weighted by molar-refractivity contribution is -0.279. The smallest absolute Gasteiger partial charge is 0.309 e. The van der Waals surface area contributed by atoms with Gasteiger partial charge in [-0.05, 0) is 48.5 Å². The van der Waals surface area contributed by atoms with Crippen molar-refractivity contribution >= 4 is 5.97 Å². The monoisotopic (exact) mass is 304 g/mol. The van der Waals surface area contributed by atoms with E-state index in [2.05, 4.69) is 12.1 Å². The van der Waals surface area contributed by atoms with Crippen molar-refractivity contribution in [1.82, 2.24) is 0 Å². The Bertz CT molecular complexity index is 675. The molecular formula is C18H18F2O2. The number of carbonyl (C=O) groups is 1. The molecule has 4 heteroatoms. The van der Waals surface area contributed by atoms with Gasteiger partial charge >= 0.3 is 5.97 Å². The first-order valence-electron chi connectivity index (χ1n) is 8.04. The van der Waals surface area contributed by atoms with E-state index in [1.165, 1.54) is 5.56 Å². The van der Waals surface area contributed by atoms with E-state index < -0.39 is 23.7 Å². The maximum Gasteiger partial charge on any atom is 0.309 e. The molecule has 4 saturated carbocycles. The zero-order valence-corrected chi connectivity index (χ0v) is 12.1. The number of aliphatic carboxylic acids is 1. The first-order valence-corrected chi connectivity index (χ1v) is 8.04. The zero-order chi connectivity index (χ0) is 15.3. The maximum absolute atomic E-state index is 13.4. The first-order chi connectivity index (χ1) is 10.5. The summed E-state index contributed by atoms with van der Waals surface area (Å²) in [6, 6.07) is 10.0. The molecule has 2 nitrogen and oxygen atoms in total. The van der Waals surface area contributed by atoms with Crippen LogP contribution in [0.1, 0.15) is 31.2 Å². The number of hydrogen-bond donors (Lipinski definition) is 1. The average Bonchev–Trinajstić information content (AvgIpc) is 2.93. The molecule has 0 heterocycles. The number of hydrogen-bond acceptors (Lipinski definition) is 1. The molecule has 0 radical (unpaired) electrons. The van der Waals surface area contributed by atoms with Gasteiger partial charge < -0.3 is 5.11 Å². The highest BCUT2D eigenvalue weighted by atomic mass is 19.3. The van der Waals surface area contributed by atoms with Crippen molar-refractivity contribution in [3.63, 3.8) is 0 Å². The zero-order valence-electron chi connectivity index (χ0n) is 12.1.